The highest BCUT2D eigenvalue weighted by Gasteiger charge is 2.41. The second kappa shape index (κ2) is 6.64. The Labute approximate surface area is 143 Å². The van der Waals surface area contributed by atoms with Crippen LogP contribution < -0.4 is 0 Å². The molecule has 2 heterocycles. The first kappa shape index (κ1) is 17.1. The lowest BCUT2D eigenvalue weighted by atomic mass is 9.79. The molecule has 130 valence electrons. The Balaban J connectivity index is 2.13. The first-order valence-corrected chi connectivity index (χ1v) is 7.68. The van der Waals surface area contributed by atoms with E-state index in [2.05, 4.69) is 20.1 Å². The van der Waals surface area contributed by atoms with Gasteiger partial charge in [-0.05, 0) is 18.6 Å². The van der Waals surface area contributed by atoms with Gasteiger partial charge in [0.15, 0.2) is 0 Å². The van der Waals surface area contributed by atoms with Crippen molar-refractivity contribution in [1.29, 1.82) is 0 Å². The normalized spacial score (nSPS) is 14.9. The topological polar surface area (TPSA) is 76.7 Å². The van der Waals surface area contributed by atoms with Crippen LogP contribution in [0.3, 0.4) is 0 Å². The van der Waals surface area contributed by atoms with E-state index in [9.17, 15) is 13.9 Å². The highest BCUT2D eigenvalue weighted by atomic mass is 19.1. The predicted octanol–water partition coefficient (Wildman–Crippen LogP) is 2.35. The SMILES string of the molecule is Cc1cncnc1[C@H](C)[C@@](O)(Cn1cncn1)c1ccc(F)cc1F. The van der Waals surface area contributed by atoms with Gasteiger partial charge in [-0.25, -0.2) is 28.4 Å². The van der Waals surface area contributed by atoms with E-state index in [0.717, 1.165) is 17.7 Å². The van der Waals surface area contributed by atoms with E-state index in [1.165, 1.54) is 29.7 Å². The van der Waals surface area contributed by atoms with Gasteiger partial charge in [0.2, 0.25) is 0 Å². The molecule has 2 aromatic heterocycles. The fraction of sp³-hybridized carbons (Fsp3) is 0.294. The summed E-state index contributed by atoms with van der Waals surface area (Å²) in [6, 6.07) is 3.11. The average Bonchev–Trinajstić information content (AvgIpc) is 3.07. The van der Waals surface area contributed by atoms with E-state index in [0.29, 0.717) is 5.69 Å². The number of aryl methyl sites for hydroxylation is 1. The zero-order chi connectivity index (χ0) is 18.0. The fourth-order valence-electron chi connectivity index (χ4n) is 2.95. The number of benzene rings is 1. The highest BCUT2D eigenvalue weighted by molar-refractivity contribution is 5.31. The second-order valence-corrected chi connectivity index (χ2v) is 5.95. The molecule has 0 fully saturated rings. The molecule has 0 saturated carbocycles. The monoisotopic (exact) mass is 345 g/mol. The summed E-state index contributed by atoms with van der Waals surface area (Å²) in [5.74, 6) is -2.16. The number of hydrogen-bond donors (Lipinski definition) is 1. The Bertz CT molecular complexity index is 871. The standard InChI is InChI=1S/C17H17F2N5O/c1-11-6-20-8-22-16(11)12(2)17(25,7-24-10-21-9-23-24)14-4-3-13(18)5-15(14)19/h3-6,8-10,12,25H,7H2,1-2H3/t12-,17-/m0/s1. The Kier molecular flexibility index (Phi) is 4.54. The number of nitrogens with zero attached hydrogens (tertiary/aromatic N) is 5. The van der Waals surface area contributed by atoms with Gasteiger partial charge in [-0.1, -0.05) is 13.0 Å². The Morgan fingerprint density at radius 3 is 2.68 bits per heavy atom. The van der Waals surface area contributed by atoms with E-state index < -0.39 is 23.2 Å². The molecule has 1 aromatic carbocycles. The molecule has 0 saturated heterocycles. The molecule has 0 aliphatic heterocycles. The van der Waals surface area contributed by atoms with Crippen molar-refractivity contribution in [2.24, 2.45) is 0 Å². The lowest BCUT2D eigenvalue weighted by molar-refractivity contribution is -0.0125. The van der Waals surface area contributed by atoms with E-state index in [-0.39, 0.29) is 12.1 Å². The van der Waals surface area contributed by atoms with Crippen LogP contribution in [0, 0.1) is 18.6 Å². The molecule has 3 aromatic rings. The van der Waals surface area contributed by atoms with Gasteiger partial charge in [0.1, 0.15) is 36.2 Å². The number of halogens is 2. The molecule has 2 atom stereocenters. The van der Waals surface area contributed by atoms with Crippen LogP contribution in [0.5, 0.6) is 0 Å². The van der Waals surface area contributed by atoms with Gasteiger partial charge in [0.05, 0.1) is 12.2 Å². The van der Waals surface area contributed by atoms with Crippen LogP contribution >= 0.6 is 0 Å². The summed E-state index contributed by atoms with van der Waals surface area (Å²) >= 11 is 0. The Hall–Kier alpha value is -2.74. The molecule has 3 rings (SSSR count). The van der Waals surface area contributed by atoms with Gasteiger partial charge in [-0.15, -0.1) is 0 Å². The minimum absolute atomic E-state index is 0.0325. The summed E-state index contributed by atoms with van der Waals surface area (Å²) in [5, 5.41) is 15.4. The maximum absolute atomic E-state index is 14.5. The van der Waals surface area contributed by atoms with Crippen molar-refractivity contribution < 1.29 is 13.9 Å². The van der Waals surface area contributed by atoms with Crippen LogP contribution in [0.25, 0.3) is 0 Å². The minimum Gasteiger partial charge on any atom is -0.382 e. The van der Waals surface area contributed by atoms with Gasteiger partial charge < -0.3 is 5.11 Å². The molecule has 1 N–H and O–H groups in total. The summed E-state index contributed by atoms with van der Waals surface area (Å²) in [6.45, 7) is 3.47. The van der Waals surface area contributed by atoms with Crippen LogP contribution in [0.1, 0.15) is 29.7 Å². The molecule has 8 heteroatoms. The van der Waals surface area contributed by atoms with Gasteiger partial charge in [0, 0.05) is 23.7 Å². The molecular weight excluding hydrogens is 328 g/mol. The van der Waals surface area contributed by atoms with E-state index in [1.807, 2.05) is 6.92 Å². The second-order valence-electron chi connectivity index (χ2n) is 5.95. The fourth-order valence-corrected chi connectivity index (χ4v) is 2.95. The molecule has 0 amide bonds. The summed E-state index contributed by atoms with van der Waals surface area (Å²) in [6.07, 6.45) is 5.74. The summed E-state index contributed by atoms with van der Waals surface area (Å²) in [7, 11) is 0. The Morgan fingerprint density at radius 2 is 2.04 bits per heavy atom. The van der Waals surface area contributed by atoms with E-state index >= 15 is 0 Å². The van der Waals surface area contributed by atoms with Crippen LogP contribution in [0.4, 0.5) is 8.78 Å². The minimum atomic E-state index is -1.72. The molecule has 6 nitrogen and oxygen atoms in total. The summed E-state index contributed by atoms with van der Waals surface area (Å²) in [4.78, 5) is 12.0. The van der Waals surface area contributed by atoms with Crippen LogP contribution in [-0.2, 0) is 12.1 Å². The smallest absolute Gasteiger partial charge is 0.137 e. The maximum atomic E-state index is 14.5. The molecule has 0 aliphatic rings. The Morgan fingerprint density at radius 1 is 1.24 bits per heavy atom. The van der Waals surface area contributed by atoms with Gasteiger partial charge in [-0.3, -0.25) is 0 Å². The van der Waals surface area contributed by atoms with Gasteiger partial charge in [-0.2, -0.15) is 5.10 Å². The summed E-state index contributed by atoms with van der Waals surface area (Å²) in [5.41, 5.74) is -0.421. The van der Waals surface area contributed by atoms with Crippen molar-refractivity contribution in [3.63, 3.8) is 0 Å². The zero-order valence-corrected chi connectivity index (χ0v) is 13.8. The van der Waals surface area contributed by atoms with Crippen molar-refractivity contribution in [3.8, 4) is 0 Å². The quantitative estimate of drug-likeness (QED) is 0.768. The average molecular weight is 345 g/mol. The lowest BCUT2D eigenvalue weighted by Gasteiger charge is -2.35. The first-order chi connectivity index (χ1) is 11.9. The van der Waals surface area contributed by atoms with Crippen LogP contribution in [0.2, 0.25) is 0 Å². The largest absolute Gasteiger partial charge is 0.382 e. The van der Waals surface area contributed by atoms with Crippen molar-refractivity contribution >= 4 is 0 Å². The molecule has 25 heavy (non-hydrogen) atoms. The first-order valence-electron chi connectivity index (χ1n) is 7.68. The molecular formula is C17H17F2N5O. The molecule has 0 bridgehead atoms. The van der Waals surface area contributed by atoms with Gasteiger partial charge in [0.25, 0.3) is 0 Å². The third kappa shape index (κ3) is 3.25. The zero-order valence-electron chi connectivity index (χ0n) is 13.8. The van der Waals surface area contributed by atoms with Crippen molar-refractivity contribution in [3.05, 3.63) is 71.8 Å². The van der Waals surface area contributed by atoms with Crippen LogP contribution in [0.15, 0.2) is 43.4 Å². The van der Waals surface area contributed by atoms with Crippen LogP contribution in [-0.4, -0.2) is 29.8 Å². The maximum Gasteiger partial charge on any atom is 0.137 e. The lowest BCUT2D eigenvalue weighted by Crippen LogP contribution is -2.38. The molecule has 0 aliphatic carbocycles. The third-order valence-electron chi connectivity index (χ3n) is 4.33. The van der Waals surface area contributed by atoms with E-state index in [1.54, 1.807) is 13.1 Å². The highest BCUT2D eigenvalue weighted by Crippen LogP contribution is 2.39. The van der Waals surface area contributed by atoms with Crippen molar-refractivity contribution in [1.82, 2.24) is 24.7 Å². The number of aliphatic hydroxyl groups is 1. The molecule has 0 spiro atoms. The number of rotatable bonds is 5. The predicted molar refractivity (Wildman–Crippen MR) is 85.5 cm³/mol. The van der Waals surface area contributed by atoms with Crippen molar-refractivity contribution in [2.45, 2.75) is 31.9 Å². The van der Waals surface area contributed by atoms with E-state index in [4.69, 9.17) is 0 Å². The van der Waals surface area contributed by atoms with Gasteiger partial charge >= 0.3 is 0 Å². The third-order valence-corrected chi connectivity index (χ3v) is 4.33. The summed E-state index contributed by atoms with van der Waals surface area (Å²) < 4.78 is 29.2. The molecule has 0 radical (unpaired) electrons. The van der Waals surface area contributed by atoms with Crippen molar-refractivity contribution in [2.75, 3.05) is 0 Å². The number of aromatic nitrogens is 5. The number of hydrogen-bond acceptors (Lipinski definition) is 5. The molecule has 0 unspecified atom stereocenters.